The summed E-state index contributed by atoms with van der Waals surface area (Å²) in [7, 11) is 0. The van der Waals surface area contributed by atoms with Gasteiger partial charge in [-0.3, -0.25) is 9.78 Å². The summed E-state index contributed by atoms with van der Waals surface area (Å²) < 4.78 is 5.81. The van der Waals surface area contributed by atoms with Gasteiger partial charge in [-0.25, -0.2) is 0 Å². The van der Waals surface area contributed by atoms with Crippen LogP contribution in [-0.4, -0.2) is 68.1 Å². The van der Waals surface area contributed by atoms with Crippen LogP contribution in [0.3, 0.4) is 0 Å². The summed E-state index contributed by atoms with van der Waals surface area (Å²) in [6, 6.07) is 1.39. The summed E-state index contributed by atoms with van der Waals surface area (Å²) in [5.74, 6) is -0.258. The number of ether oxygens (including phenoxy) is 1. The molecule has 0 bridgehead atoms. The van der Waals surface area contributed by atoms with Gasteiger partial charge < -0.3 is 25.0 Å². The Kier molecular flexibility index (Phi) is 4.03. The van der Waals surface area contributed by atoms with Crippen molar-refractivity contribution in [1.29, 1.82) is 0 Å². The number of aliphatic hydroxyl groups excluding tert-OH is 1. The zero-order valence-corrected chi connectivity index (χ0v) is 13.1. The Labute approximate surface area is 134 Å². The number of likely N-dealkylation sites (tertiary alicyclic amines) is 1. The van der Waals surface area contributed by atoms with Crippen molar-refractivity contribution >= 4 is 5.91 Å². The lowest BCUT2D eigenvalue weighted by atomic mass is 9.75. The van der Waals surface area contributed by atoms with E-state index in [4.69, 9.17) is 4.74 Å². The van der Waals surface area contributed by atoms with E-state index in [2.05, 4.69) is 4.98 Å². The normalized spacial score (nSPS) is 30.4. The van der Waals surface area contributed by atoms with Gasteiger partial charge >= 0.3 is 0 Å². The van der Waals surface area contributed by atoms with Crippen LogP contribution in [0.25, 0.3) is 0 Å². The van der Waals surface area contributed by atoms with Crippen LogP contribution < -0.4 is 0 Å². The number of carbonyl (C=O) groups is 1. The van der Waals surface area contributed by atoms with Gasteiger partial charge in [0.05, 0.1) is 24.0 Å². The number of hydrogen-bond donors (Lipinski definition) is 3. The van der Waals surface area contributed by atoms with Crippen molar-refractivity contribution in [3.8, 4) is 5.75 Å². The third-order valence-electron chi connectivity index (χ3n) is 4.95. The van der Waals surface area contributed by atoms with Gasteiger partial charge in [0.25, 0.3) is 5.91 Å². The molecule has 2 aliphatic heterocycles. The molecule has 0 unspecified atom stereocenters. The van der Waals surface area contributed by atoms with Crippen molar-refractivity contribution in [3.63, 3.8) is 0 Å². The molecule has 3 rings (SSSR count). The first-order chi connectivity index (χ1) is 10.8. The minimum absolute atomic E-state index is 0.0496. The fourth-order valence-electron chi connectivity index (χ4n) is 3.48. The lowest BCUT2D eigenvalue weighted by molar-refractivity contribution is -0.244. The fraction of sp³-hybridized carbons (Fsp3) is 0.625. The van der Waals surface area contributed by atoms with E-state index < -0.39 is 17.3 Å². The highest BCUT2D eigenvalue weighted by molar-refractivity contribution is 5.94. The zero-order chi connectivity index (χ0) is 16.7. The quantitative estimate of drug-likeness (QED) is 0.687. The number of rotatable bonds is 1. The monoisotopic (exact) mass is 322 g/mol. The molecule has 126 valence electrons. The largest absolute Gasteiger partial charge is 0.506 e. The van der Waals surface area contributed by atoms with Crippen molar-refractivity contribution in [2.45, 2.75) is 43.5 Å². The molecule has 0 saturated carbocycles. The smallest absolute Gasteiger partial charge is 0.255 e. The molecule has 2 aliphatic rings. The summed E-state index contributed by atoms with van der Waals surface area (Å²) in [4.78, 5) is 17.9. The van der Waals surface area contributed by atoms with E-state index in [0.717, 1.165) is 0 Å². The van der Waals surface area contributed by atoms with Crippen LogP contribution in [0, 0.1) is 0 Å². The van der Waals surface area contributed by atoms with Gasteiger partial charge in [-0.15, -0.1) is 0 Å². The lowest BCUT2D eigenvalue weighted by Gasteiger charge is -2.51. The lowest BCUT2D eigenvalue weighted by Crippen LogP contribution is -2.64. The van der Waals surface area contributed by atoms with Crippen LogP contribution in [0.1, 0.15) is 36.5 Å². The zero-order valence-electron chi connectivity index (χ0n) is 13.1. The van der Waals surface area contributed by atoms with E-state index in [-0.39, 0.29) is 11.7 Å². The van der Waals surface area contributed by atoms with E-state index in [1.54, 1.807) is 11.8 Å². The van der Waals surface area contributed by atoms with Gasteiger partial charge in [0.15, 0.2) is 0 Å². The van der Waals surface area contributed by atoms with Gasteiger partial charge in [-0.05, 0) is 25.8 Å². The van der Waals surface area contributed by atoms with Crippen molar-refractivity contribution in [2.24, 2.45) is 0 Å². The molecule has 0 aromatic carbocycles. The first-order valence-corrected chi connectivity index (χ1v) is 7.82. The molecule has 2 saturated heterocycles. The Hall–Kier alpha value is -1.70. The molecule has 1 spiro atoms. The number of aromatic hydroxyl groups is 1. The molecule has 0 radical (unpaired) electrons. The summed E-state index contributed by atoms with van der Waals surface area (Å²) >= 11 is 0. The van der Waals surface area contributed by atoms with Crippen LogP contribution in [0.15, 0.2) is 18.5 Å². The number of hydrogen-bond acceptors (Lipinski definition) is 6. The predicted molar refractivity (Wildman–Crippen MR) is 81.0 cm³/mol. The summed E-state index contributed by atoms with van der Waals surface area (Å²) in [6.45, 7) is 2.86. The average molecular weight is 322 g/mol. The molecule has 1 aromatic rings. The van der Waals surface area contributed by atoms with Gasteiger partial charge in [0, 0.05) is 25.7 Å². The summed E-state index contributed by atoms with van der Waals surface area (Å²) in [5, 5.41) is 30.2. The standard InChI is InChI=1S/C16H22N2O5/c1-15(22)4-7-23-16(14(15)21)2-5-18(6-3-16)13(20)11-8-12(19)10-17-9-11/h8-10,14,19,21-22H,2-7H2,1H3/t14-,15+/m0/s1. The third kappa shape index (κ3) is 2.91. The first-order valence-electron chi connectivity index (χ1n) is 7.82. The second-order valence-electron chi connectivity index (χ2n) is 6.65. The number of carbonyl (C=O) groups excluding carboxylic acids is 1. The molecule has 7 nitrogen and oxygen atoms in total. The van der Waals surface area contributed by atoms with Gasteiger partial charge in [0.2, 0.25) is 0 Å². The third-order valence-corrected chi connectivity index (χ3v) is 4.95. The highest BCUT2D eigenvalue weighted by atomic mass is 16.5. The Morgan fingerprint density at radius 3 is 2.70 bits per heavy atom. The topological polar surface area (TPSA) is 103 Å². The average Bonchev–Trinajstić information content (AvgIpc) is 2.53. The highest BCUT2D eigenvalue weighted by Crippen LogP contribution is 2.39. The van der Waals surface area contributed by atoms with Crippen LogP contribution in [0.4, 0.5) is 0 Å². The Bertz CT molecular complexity index is 596. The molecular weight excluding hydrogens is 300 g/mol. The number of pyridine rings is 1. The molecule has 1 aromatic heterocycles. The number of piperidine rings is 1. The molecule has 3 N–H and O–H groups in total. The van der Waals surface area contributed by atoms with Gasteiger partial charge in [0.1, 0.15) is 17.5 Å². The number of aliphatic hydroxyl groups is 2. The molecule has 2 atom stereocenters. The molecule has 23 heavy (non-hydrogen) atoms. The molecule has 2 fully saturated rings. The fourth-order valence-corrected chi connectivity index (χ4v) is 3.48. The Balaban J connectivity index is 1.70. The van der Waals surface area contributed by atoms with Crippen molar-refractivity contribution < 1.29 is 24.9 Å². The first kappa shape index (κ1) is 16.2. The van der Waals surface area contributed by atoms with Crippen LogP contribution in [0.5, 0.6) is 5.75 Å². The molecular formula is C16H22N2O5. The van der Waals surface area contributed by atoms with Gasteiger partial charge in [-0.2, -0.15) is 0 Å². The maximum absolute atomic E-state index is 12.5. The number of nitrogens with zero attached hydrogens (tertiary/aromatic N) is 2. The summed E-state index contributed by atoms with van der Waals surface area (Å²) in [5.41, 5.74) is -1.63. The number of aromatic nitrogens is 1. The maximum atomic E-state index is 12.5. The van der Waals surface area contributed by atoms with Crippen LogP contribution in [-0.2, 0) is 4.74 Å². The van der Waals surface area contributed by atoms with Crippen molar-refractivity contribution in [3.05, 3.63) is 24.0 Å². The van der Waals surface area contributed by atoms with Crippen LogP contribution >= 0.6 is 0 Å². The Morgan fingerprint density at radius 1 is 1.35 bits per heavy atom. The van der Waals surface area contributed by atoms with Gasteiger partial charge in [-0.1, -0.05) is 0 Å². The second-order valence-corrected chi connectivity index (χ2v) is 6.65. The van der Waals surface area contributed by atoms with E-state index in [1.807, 2.05) is 0 Å². The van der Waals surface area contributed by atoms with E-state index in [1.165, 1.54) is 18.5 Å². The maximum Gasteiger partial charge on any atom is 0.255 e. The molecule has 0 aliphatic carbocycles. The summed E-state index contributed by atoms with van der Waals surface area (Å²) in [6.07, 6.45) is 3.04. The van der Waals surface area contributed by atoms with E-state index in [9.17, 15) is 20.1 Å². The minimum Gasteiger partial charge on any atom is -0.506 e. The molecule has 3 heterocycles. The molecule has 1 amide bonds. The van der Waals surface area contributed by atoms with E-state index in [0.29, 0.717) is 44.5 Å². The highest BCUT2D eigenvalue weighted by Gasteiger charge is 2.52. The van der Waals surface area contributed by atoms with Crippen LogP contribution in [0.2, 0.25) is 0 Å². The van der Waals surface area contributed by atoms with E-state index >= 15 is 0 Å². The number of amides is 1. The SMILES string of the molecule is C[C@@]1(O)CCOC2(CCN(C(=O)c3cncc(O)c3)CC2)[C@H]1O. The molecule has 7 heteroatoms. The predicted octanol–water partition coefficient (Wildman–Crippen LogP) is 0.294. The second kappa shape index (κ2) is 5.74. The Morgan fingerprint density at radius 2 is 2.04 bits per heavy atom. The van der Waals surface area contributed by atoms with Crippen molar-refractivity contribution in [2.75, 3.05) is 19.7 Å². The van der Waals surface area contributed by atoms with Crippen molar-refractivity contribution in [1.82, 2.24) is 9.88 Å². The minimum atomic E-state index is -1.17.